The highest BCUT2D eigenvalue weighted by atomic mass is 35.5. The van der Waals surface area contributed by atoms with Crippen molar-refractivity contribution in [3.05, 3.63) is 35.4 Å². The maximum Gasteiger partial charge on any atom is 0.239 e. The molecule has 10 heteroatoms. The van der Waals surface area contributed by atoms with Crippen LogP contribution in [-0.2, 0) is 9.59 Å². The number of carbonyl (C=O) groups excluding carboxylic acids is 2. The van der Waals surface area contributed by atoms with Crippen LogP contribution in [0.3, 0.4) is 0 Å². The fourth-order valence-corrected chi connectivity index (χ4v) is 1.90. The molecule has 0 aliphatic carbocycles. The average Bonchev–Trinajstić information content (AvgIpc) is 2.47. The first-order chi connectivity index (χ1) is 10.4. The molecule has 138 valence electrons. The quantitative estimate of drug-likeness (QED) is 0.640. The first kappa shape index (κ1) is 24.8. The van der Waals surface area contributed by atoms with Gasteiger partial charge in [-0.25, -0.2) is 8.78 Å². The normalized spacial score (nSPS) is 11.1. The molecule has 0 bridgehead atoms. The molecule has 0 heterocycles. The van der Waals surface area contributed by atoms with Crippen molar-refractivity contribution in [1.82, 2.24) is 15.5 Å². The molecule has 0 saturated heterocycles. The lowest BCUT2D eigenvalue weighted by molar-refractivity contribution is -0.125. The van der Waals surface area contributed by atoms with Crippen molar-refractivity contribution < 1.29 is 18.4 Å². The van der Waals surface area contributed by atoms with Crippen LogP contribution in [0.2, 0.25) is 0 Å². The predicted octanol–water partition coefficient (Wildman–Crippen LogP) is 0.602. The second kappa shape index (κ2) is 12.0. The van der Waals surface area contributed by atoms with Crippen LogP contribution in [-0.4, -0.2) is 50.4 Å². The number of nitrogens with zero attached hydrogens (tertiary/aromatic N) is 1. The third kappa shape index (κ3) is 7.39. The molecule has 1 aromatic carbocycles. The highest BCUT2D eigenvalue weighted by molar-refractivity contribution is 5.86. The summed E-state index contributed by atoms with van der Waals surface area (Å²) in [4.78, 5) is 24.2. The molecule has 2 amide bonds. The van der Waals surface area contributed by atoms with Crippen LogP contribution in [0.4, 0.5) is 8.78 Å². The summed E-state index contributed by atoms with van der Waals surface area (Å²) in [5.74, 6) is -2.28. The second-order valence-corrected chi connectivity index (χ2v) is 4.90. The molecule has 1 rings (SSSR count). The molecular formula is C14H22Cl2F2N4O2. The number of carbonyl (C=O) groups is 2. The number of likely N-dealkylation sites (N-methyl/N-ethyl adjacent to an activating group) is 1. The highest BCUT2D eigenvalue weighted by Crippen LogP contribution is 2.23. The molecule has 6 nitrogen and oxygen atoms in total. The lowest BCUT2D eigenvalue weighted by Gasteiger charge is -2.25. The van der Waals surface area contributed by atoms with E-state index in [9.17, 15) is 18.4 Å². The lowest BCUT2D eigenvalue weighted by Crippen LogP contribution is -2.42. The van der Waals surface area contributed by atoms with Gasteiger partial charge in [-0.2, -0.15) is 0 Å². The van der Waals surface area contributed by atoms with Gasteiger partial charge in [0.15, 0.2) is 0 Å². The van der Waals surface area contributed by atoms with Gasteiger partial charge in [-0.3, -0.25) is 9.59 Å². The Hall–Kier alpha value is -1.48. The highest BCUT2D eigenvalue weighted by Gasteiger charge is 2.22. The van der Waals surface area contributed by atoms with Gasteiger partial charge in [-0.15, -0.1) is 24.8 Å². The predicted molar refractivity (Wildman–Crippen MR) is 92.4 cm³/mol. The van der Waals surface area contributed by atoms with E-state index in [-0.39, 0.29) is 50.0 Å². The molecular weight excluding hydrogens is 365 g/mol. The Morgan fingerprint density at radius 1 is 1.12 bits per heavy atom. The number of benzene rings is 1. The number of rotatable bonds is 7. The van der Waals surface area contributed by atoms with E-state index in [4.69, 9.17) is 5.73 Å². The van der Waals surface area contributed by atoms with Crippen molar-refractivity contribution in [1.29, 1.82) is 0 Å². The summed E-state index contributed by atoms with van der Waals surface area (Å²) >= 11 is 0. The molecule has 0 saturated carbocycles. The van der Waals surface area contributed by atoms with Gasteiger partial charge in [-0.1, -0.05) is 6.07 Å². The van der Waals surface area contributed by atoms with Gasteiger partial charge >= 0.3 is 0 Å². The molecule has 0 aliphatic heterocycles. The molecule has 1 atom stereocenters. The average molecular weight is 387 g/mol. The van der Waals surface area contributed by atoms with Gasteiger partial charge in [-0.05, 0) is 26.2 Å². The van der Waals surface area contributed by atoms with E-state index in [2.05, 4.69) is 10.6 Å². The summed E-state index contributed by atoms with van der Waals surface area (Å²) < 4.78 is 27.7. The fourth-order valence-electron chi connectivity index (χ4n) is 1.90. The Bertz CT molecular complexity index is 527. The maximum atomic E-state index is 13.8. The van der Waals surface area contributed by atoms with Gasteiger partial charge in [0.2, 0.25) is 11.8 Å². The first-order valence-electron chi connectivity index (χ1n) is 6.70. The zero-order chi connectivity index (χ0) is 16.7. The standard InChI is InChI=1S/C14H20F2N4O2.2ClH/c1-20(2)11(14-9(15)4-3-5-10(14)16)7-18-13(22)8-19-12(21)6-17;;/h3-5,11H,6-8,17H2,1-2H3,(H,18,22)(H,19,21);2*1H. The summed E-state index contributed by atoms with van der Waals surface area (Å²) in [7, 11) is 3.30. The van der Waals surface area contributed by atoms with E-state index in [1.54, 1.807) is 19.0 Å². The summed E-state index contributed by atoms with van der Waals surface area (Å²) in [6.45, 7) is -0.452. The van der Waals surface area contributed by atoms with Crippen LogP contribution in [0.15, 0.2) is 18.2 Å². The number of amides is 2. The van der Waals surface area contributed by atoms with E-state index in [1.165, 1.54) is 6.07 Å². The summed E-state index contributed by atoms with van der Waals surface area (Å²) in [5, 5.41) is 4.84. The van der Waals surface area contributed by atoms with Crippen LogP contribution in [0, 0.1) is 11.6 Å². The van der Waals surface area contributed by atoms with Crippen molar-refractivity contribution in [3.8, 4) is 0 Å². The van der Waals surface area contributed by atoms with Crippen LogP contribution < -0.4 is 16.4 Å². The molecule has 24 heavy (non-hydrogen) atoms. The number of halogens is 4. The van der Waals surface area contributed by atoms with Crippen LogP contribution in [0.25, 0.3) is 0 Å². The zero-order valence-electron chi connectivity index (χ0n) is 13.3. The third-order valence-electron chi connectivity index (χ3n) is 3.08. The fraction of sp³-hybridized carbons (Fsp3) is 0.429. The Labute approximate surface area is 152 Å². The lowest BCUT2D eigenvalue weighted by atomic mass is 10.0. The molecule has 4 N–H and O–H groups in total. The molecule has 0 radical (unpaired) electrons. The molecule has 0 aliphatic rings. The smallest absolute Gasteiger partial charge is 0.239 e. The summed E-state index contributed by atoms with van der Waals surface area (Å²) in [5.41, 5.74) is 4.98. The monoisotopic (exact) mass is 386 g/mol. The Balaban J connectivity index is 0. The Morgan fingerprint density at radius 2 is 1.67 bits per heavy atom. The van der Waals surface area contributed by atoms with Crippen molar-refractivity contribution >= 4 is 36.6 Å². The van der Waals surface area contributed by atoms with Gasteiger partial charge in [0.1, 0.15) is 11.6 Å². The van der Waals surface area contributed by atoms with Crippen LogP contribution >= 0.6 is 24.8 Å². The molecule has 0 fully saturated rings. The van der Waals surface area contributed by atoms with Gasteiger partial charge < -0.3 is 21.3 Å². The first-order valence-corrected chi connectivity index (χ1v) is 6.70. The third-order valence-corrected chi connectivity index (χ3v) is 3.08. The van der Waals surface area contributed by atoms with E-state index < -0.39 is 29.5 Å². The van der Waals surface area contributed by atoms with Crippen molar-refractivity contribution in [2.75, 3.05) is 33.7 Å². The van der Waals surface area contributed by atoms with E-state index >= 15 is 0 Å². The minimum Gasteiger partial charge on any atom is -0.353 e. The maximum absolute atomic E-state index is 13.8. The Kier molecular flexibility index (Phi) is 12.3. The summed E-state index contributed by atoms with van der Waals surface area (Å²) in [6, 6.07) is 2.94. The van der Waals surface area contributed by atoms with Gasteiger partial charge in [0, 0.05) is 12.1 Å². The molecule has 0 spiro atoms. The van der Waals surface area contributed by atoms with E-state index in [0.717, 1.165) is 12.1 Å². The number of hydrogen-bond acceptors (Lipinski definition) is 4. The Morgan fingerprint density at radius 3 is 2.12 bits per heavy atom. The minimum atomic E-state index is -0.676. The number of nitrogens with two attached hydrogens (primary N) is 1. The SMILES string of the molecule is CN(C)C(CNC(=O)CNC(=O)CN)c1c(F)cccc1F.Cl.Cl. The molecule has 1 unspecified atom stereocenters. The van der Waals surface area contributed by atoms with Crippen molar-refractivity contribution in [2.45, 2.75) is 6.04 Å². The topological polar surface area (TPSA) is 87.5 Å². The number of hydrogen-bond donors (Lipinski definition) is 3. The van der Waals surface area contributed by atoms with Crippen LogP contribution in [0.1, 0.15) is 11.6 Å². The molecule has 1 aromatic rings. The number of nitrogens with one attached hydrogen (secondary N) is 2. The minimum absolute atomic E-state index is 0. The van der Waals surface area contributed by atoms with Crippen molar-refractivity contribution in [2.24, 2.45) is 5.73 Å². The van der Waals surface area contributed by atoms with Gasteiger partial charge in [0.05, 0.1) is 19.1 Å². The second-order valence-electron chi connectivity index (χ2n) is 4.90. The zero-order valence-corrected chi connectivity index (χ0v) is 15.0. The van der Waals surface area contributed by atoms with E-state index in [1.807, 2.05) is 0 Å². The summed E-state index contributed by atoms with van der Waals surface area (Å²) in [6.07, 6.45) is 0. The van der Waals surface area contributed by atoms with Crippen molar-refractivity contribution in [3.63, 3.8) is 0 Å². The van der Waals surface area contributed by atoms with Crippen LogP contribution in [0.5, 0.6) is 0 Å². The molecule has 0 aromatic heterocycles. The van der Waals surface area contributed by atoms with Gasteiger partial charge in [0.25, 0.3) is 0 Å². The van der Waals surface area contributed by atoms with E-state index in [0.29, 0.717) is 0 Å². The largest absolute Gasteiger partial charge is 0.353 e.